The summed E-state index contributed by atoms with van der Waals surface area (Å²) in [7, 11) is 0. The first-order valence-electron chi connectivity index (χ1n) is 4.77. The fourth-order valence-corrected chi connectivity index (χ4v) is 1.52. The third kappa shape index (κ3) is 1.96. The summed E-state index contributed by atoms with van der Waals surface area (Å²) in [5.74, 6) is 0.458. The molecule has 0 unspecified atom stereocenters. The number of allylic oxidation sites excluding steroid dienone is 2. The predicted octanol–water partition coefficient (Wildman–Crippen LogP) is 3.10. The molecule has 0 aromatic heterocycles. The van der Waals surface area contributed by atoms with Crippen LogP contribution in [0.15, 0.2) is 11.6 Å². The molecule has 0 aliphatic heterocycles. The van der Waals surface area contributed by atoms with Crippen LogP contribution in [-0.4, -0.2) is 5.78 Å². The van der Waals surface area contributed by atoms with Crippen LogP contribution in [0.4, 0.5) is 0 Å². The van der Waals surface area contributed by atoms with E-state index in [1.807, 2.05) is 6.92 Å². The maximum atomic E-state index is 11.5. The first kappa shape index (κ1) is 9.50. The van der Waals surface area contributed by atoms with Gasteiger partial charge in [0.2, 0.25) is 0 Å². The first-order valence-corrected chi connectivity index (χ1v) is 4.77. The van der Waals surface area contributed by atoms with Crippen molar-refractivity contribution in [1.29, 1.82) is 0 Å². The summed E-state index contributed by atoms with van der Waals surface area (Å²) in [6.45, 7) is 6.14. The molecular formula is C11H18O. The molecule has 12 heavy (non-hydrogen) atoms. The molecule has 0 aromatic rings. The van der Waals surface area contributed by atoms with Crippen LogP contribution in [-0.2, 0) is 4.79 Å². The van der Waals surface area contributed by atoms with Gasteiger partial charge >= 0.3 is 0 Å². The second-order valence-corrected chi connectivity index (χ2v) is 4.04. The normalized spacial score (nSPS) is 18.6. The van der Waals surface area contributed by atoms with Gasteiger partial charge in [0.15, 0.2) is 0 Å². The molecule has 1 fully saturated rings. The molecule has 0 bridgehead atoms. The first-order chi connectivity index (χ1) is 5.60. The lowest BCUT2D eigenvalue weighted by Gasteiger charge is -2.09. The fourth-order valence-electron chi connectivity index (χ4n) is 1.52. The zero-order valence-electron chi connectivity index (χ0n) is 8.31. The van der Waals surface area contributed by atoms with Gasteiger partial charge in [0.25, 0.3) is 0 Å². The molecule has 0 atom stereocenters. The molecule has 0 saturated heterocycles. The Kier molecular flexibility index (Phi) is 2.71. The van der Waals surface area contributed by atoms with Crippen LogP contribution in [0.2, 0.25) is 0 Å². The van der Waals surface area contributed by atoms with Crippen molar-refractivity contribution in [3.8, 4) is 0 Å². The number of hydrogen-bond donors (Lipinski definition) is 0. The number of hydrogen-bond acceptors (Lipinski definition) is 1. The number of carbonyl (C=O) groups excluding carboxylic acids is 1. The van der Waals surface area contributed by atoms with Gasteiger partial charge in [0, 0.05) is 11.8 Å². The molecule has 0 radical (unpaired) electrons. The highest BCUT2D eigenvalue weighted by atomic mass is 16.1. The summed E-state index contributed by atoms with van der Waals surface area (Å²) in [5, 5.41) is 0. The van der Waals surface area contributed by atoms with Gasteiger partial charge in [0.05, 0.1) is 0 Å². The Morgan fingerprint density at radius 1 is 1.42 bits per heavy atom. The van der Waals surface area contributed by atoms with E-state index in [-0.39, 0.29) is 5.41 Å². The Balaban J connectivity index is 2.51. The van der Waals surface area contributed by atoms with E-state index >= 15 is 0 Å². The van der Waals surface area contributed by atoms with E-state index in [1.165, 1.54) is 5.57 Å². The number of ketones is 1. The third-order valence-electron chi connectivity index (χ3n) is 2.67. The zero-order valence-corrected chi connectivity index (χ0v) is 8.31. The van der Waals surface area contributed by atoms with Crippen molar-refractivity contribution in [3.63, 3.8) is 0 Å². The summed E-state index contributed by atoms with van der Waals surface area (Å²) in [5.41, 5.74) is 1.40. The average Bonchev–Trinajstić information content (AvgIpc) is 2.80. The molecule has 1 aliphatic carbocycles. The molecule has 1 heteroatoms. The van der Waals surface area contributed by atoms with Gasteiger partial charge in [-0.15, -0.1) is 0 Å². The Bertz CT molecular complexity index is 205. The molecule has 68 valence electrons. The molecule has 1 rings (SSSR count). The van der Waals surface area contributed by atoms with Crippen LogP contribution < -0.4 is 0 Å². The second kappa shape index (κ2) is 3.42. The van der Waals surface area contributed by atoms with Crippen molar-refractivity contribution in [2.24, 2.45) is 5.41 Å². The van der Waals surface area contributed by atoms with Crippen LogP contribution >= 0.6 is 0 Å². The molecule has 1 nitrogen and oxygen atoms in total. The van der Waals surface area contributed by atoms with Gasteiger partial charge in [0.1, 0.15) is 5.78 Å². The minimum Gasteiger partial charge on any atom is -0.299 e. The summed E-state index contributed by atoms with van der Waals surface area (Å²) in [6.07, 6.45) is 6.10. The third-order valence-corrected chi connectivity index (χ3v) is 2.67. The summed E-state index contributed by atoms with van der Waals surface area (Å²) >= 11 is 0. The Hall–Kier alpha value is -0.590. The molecule has 0 N–H and O–H groups in total. The van der Waals surface area contributed by atoms with Crippen molar-refractivity contribution in [2.45, 2.75) is 46.5 Å². The Morgan fingerprint density at radius 3 is 2.33 bits per heavy atom. The molecule has 0 aromatic carbocycles. The van der Waals surface area contributed by atoms with E-state index in [0.717, 1.165) is 19.3 Å². The van der Waals surface area contributed by atoms with Crippen LogP contribution in [0.5, 0.6) is 0 Å². The van der Waals surface area contributed by atoms with Gasteiger partial charge in [-0.3, -0.25) is 4.79 Å². The van der Waals surface area contributed by atoms with Gasteiger partial charge < -0.3 is 0 Å². The predicted molar refractivity (Wildman–Crippen MR) is 51.0 cm³/mol. The summed E-state index contributed by atoms with van der Waals surface area (Å²) in [6, 6.07) is 0. The number of rotatable bonds is 4. The van der Waals surface area contributed by atoms with Gasteiger partial charge in [-0.25, -0.2) is 0 Å². The van der Waals surface area contributed by atoms with E-state index in [0.29, 0.717) is 12.2 Å². The minimum atomic E-state index is 0.0754. The zero-order chi connectivity index (χ0) is 9.19. The van der Waals surface area contributed by atoms with Crippen molar-refractivity contribution >= 4 is 5.78 Å². The smallest absolute Gasteiger partial charge is 0.139 e. The van der Waals surface area contributed by atoms with E-state index in [2.05, 4.69) is 19.9 Å². The molecule has 0 heterocycles. The van der Waals surface area contributed by atoms with Crippen molar-refractivity contribution in [3.05, 3.63) is 11.6 Å². The maximum absolute atomic E-state index is 11.5. The summed E-state index contributed by atoms with van der Waals surface area (Å²) in [4.78, 5) is 11.5. The van der Waals surface area contributed by atoms with Gasteiger partial charge in [-0.2, -0.15) is 0 Å². The van der Waals surface area contributed by atoms with Crippen LogP contribution in [0.25, 0.3) is 0 Å². The lowest BCUT2D eigenvalue weighted by atomic mass is 9.94. The molecule has 1 saturated carbocycles. The molecule has 0 spiro atoms. The molecule has 0 amide bonds. The molecule has 1 aliphatic rings. The maximum Gasteiger partial charge on any atom is 0.139 e. The van der Waals surface area contributed by atoms with Crippen molar-refractivity contribution in [2.75, 3.05) is 0 Å². The monoisotopic (exact) mass is 166 g/mol. The Labute approximate surface area is 74.9 Å². The SMILES string of the molecule is CCC(=O)C1(CC=C(C)C)CC1. The minimum absolute atomic E-state index is 0.0754. The lowest BCUT2D eigenvalue weighted by molar-refractivity contribution is -0.123. The van der Waals surface area contributed by atoms with Crippen molar-refractivity contribution < 1.29 is 4.79 Å². The molecular weight excluding hydrogens is 148 g/mol. The number of carbonyl (C=O) groups is 1. The lowest BCUT2D eigenvalue weighted by Crippen LogP contribution is -2.13. The topological polar surface area (TPSA) is 17.1 Å². The van der Waals surface area contributed by atoms with Crippen molar-refractivity contribution in [1.82, 2.24) is 0 Å². The standard InChI is InChI=1S/C11H18O/c1-4-10(12)11(7-8-11)6-5-9(2)3/h5H,4,6-8H2,1-3H3. The largest absolute Gasteiger partial charge is 0.299 e. The second-order valence-electron chi connectivity index (χ2n) is 4.04. The quantitative estimate of drug-likeness (QED) is 0.586. The van der Waals surface area contributed by atoms with E-state index in [9.17, 15) is 4.79 Å². The highest BCUT2D eigenvalue weighted by Gasteiger charge is 2.46. The van der Waals surface area contributed by atoms with Crippen LogP contribution in [0.3, 0.4) is 0 Å². The summed E-state index contributed by atoms with van der Waals surface area (Å²) < 4.78 is 0. The average molecular weight is 166 g/mol. The van der Waals surface area contributed by atoms with E-state index in [4.69, 9.17) is 0 Å². The van der Waals surface area contributed by atoms with E-state index < -0.39 is 0 Å². The van der Waals surface area contributed by atoms with E-state index in [1.54, 1.807) is 0 Å². The van der Waals surface area contributed by atoms with Gasteiger partial charge in [-0.1, -0.05) is 18.6 Å². The highest BCUT2D eigenvalue weighted by molar-refractivity contribution is 5.87. The Morgan fingerprint density at radius 2 is 2.00 bits per heavy atom. The van der Waals surface area contributed by atoms with Crippen LogP contribution in [0, 0.1) is 5.41 Å². The number of Topliss-reactive ketones (excluding diaryl/α,β-unsaturated/α-hetero) is 1. The van der Waals surface area contributed by atoms with Crippen LogP contribution in [0.1, 0.15) is 46.5 Å². The van der Waals surface area contributed by atoms with Gasteiger partial charge in [-0.05, 0) is 33.1 Å². The fraction of sp³-hybridized carbons (Fsp3) is 0.727. The highest BCUT2D eigenvalue weighted by Crippen LogP contribution is 2.50.